The van der Waals surface area contributed by atoms with Crippen molar-refractivity contribution in [1.82, 2.24) is 4.90 Å². The topological polar surface area (TPSA) is 49.5 Å². The van der Waals surface area contributed by atoms with Gasteiger partial charge in [-0.25, -0.2) is 0 Å². The number of nitrogens with two attached hydrogens (primary N) is 1. The molecule has 3 heteroatoms. The molecule has 1 saturated heterocycles. The fraction of sp³-hybridized carbons (Fsp3) is 1.00. The Labute approximate surface area is 80.9 Å². The van der Waals surface area contributed by atoms with E-state index in [2.05, 4.69) is 18.7 Å². The van der Waals surface area contributed by atoms with Gasteiger partial charge in [-0.2, -0.15) is 0 Å². The predicted octanol–water partition coefficient (Wildman–Crippen LogP) is 0.569. The first-order chi connectivity index (χ1) is 6.19. The monoisotopic (exact) mass is 186 g/mol. The summed E-state index contributed by atoms with van der Waals surface area (Å²) in [5.74, 6) is 0. The predicted molar refractivity (Wildman–Crippen MR) is 54.5 cm³/mol. The third-order valence-corrected chi connectivity index (χ3v) is 3.10. The van der Waals surface area contributed by atoms with Crippen molar-refractivity contribution in [3.63, 3.8) is 0 Å². The second-order valence-electron chi connectivity index (χ2n) is 4.13. The van der Waals surface area contributed by atoms with Gasteiger partial charge in [-0.3, -0.25) is 4.90 Å². The van der Waals surface area contributed by atoms with Crippen molar-refractivity contribution in [3.8, 4) is 0 Å². The Balaban J connectivity index is 2.44. The lowest BCUT2D eigenvalue weighted by atomic mass is 10.1. The summed E-state index contributed by atoms with van der Waals surface area (Å²) in [5.41, 5.74) is 5.74. The van der Waals surface area contributed by atoms with Gasteiger partial charge in [0.15, 0.2) is 0 Å². The molecule has 1 heterocycles. The number of aliphatic hydroxyl groups excluding tert-OH is 1. The smallest absolute Gasteiger partial charge is 0.0595 e. The molecule has 1 aliphatic rings. The Morgan fingerprint density at radius 3 is 2.77 bits per heavy atom. The number of hydrogen-bond acceptors (Lipinski definition) is 3. The highest BCUT2D eigenvalue weighted by Gasteiger charge is 2.29. The highest BCUT2D eigenvalue weighted by atomic mass is 16.3. The molecule has 0 saturated carbocycles. The average molecular weight is 186 g/mol. The maximum atomic E-state index is 8.89. The summed E-state index contributed by atoms with van der Waals surface area (Å²) in [7, 11) is 0. The Morgan fingerprint density at radius 2 is 2.23 bits per heavy atom. The average Bonchev–Trinajstić information content (AvgIpc) is 2.48. The summed E-state index contributed by atoms with van der Waals surface area (Å²) >= 11 is 0. The molecule has 0 aromatic carbocycles. The summed E-state index contributed by atoms with van der Waals surface area (Å²) in [6.45, 7) is 5.41. The second-order valence-corrected chi connectivity index (χ2v) is 4.13. The zero-order valence-electron chi connectivity index (χ0n) is 8.74. The molecule has 0 amide bonds. The van der Waals surface area contributed by atoms with Crippen molar-refractivity contribution in [2.24, 2.45) is 5.73 Å². The second kappa shape index (κ2) is 4.94. The maximum absolute atomic E-state index is 8.89. The van der Waals surface area contributed by atoms with Crippen LogP contribution >= 0.6 is 0 Å². The van der Waals surface area contributed by atoms with Crippen molar-refractivity contribution in [3.05, 3.63) is 0 Å². The molecule has 0 aromatic heterocycles. The molecule has 0 spiro atoms. The zero-order chi connectivity index (χ0) is 9.84. The Hall–Kier alpha value is -0.120. The molecule has 3 unspecified atom stereocenters. The number of aliphatic hydroxyl groups is 1. The SMILES string of the molecule is CCC1CCC(C)N1CC(N)CO. The van der Waals surface area contributed by atoms with Crippen LogP contribution in [0.3, 0.4) is 0 Å². The van der Waals surface area contributed by atoms with Gasteiger partial charge in [-0.1, -0.05) is 6.92 Å². The van der Waals surface area contributed by atoms with Gasteiger partial charge in [-0.05, 0) is 26.2 Å². The summed E-state index contributed by atoms with van der Waals surface area (Å²) in [5, 5.41) is 8.89. The van der Waals surface area contributed by atoms with E-state index in [1.165, 1.54) is 19.3 Å². The summed E-state index contributed by atoms with van der Waals surface area (Å²) in [6, 6.07) is 1.25. The van der Waals surface area contributed by atoms with E-state index in [-0.39, 0.29) is 12.6 Å². The van der Waals surface area contributed by atoms with E-state index in [0.717, 1.165) is 6.54 Å². The van der Waals surface area contributed by atoms with E-state index in [9.17, 15) is 0 Å². The largest absolute Gasteiger partial charge is 0.395 e. The first kappa shape index (κ1) is 11.0. The minimum absolute atomic E-state index is 0.0744. The molecule has 78 valence electrons. The lowest BCUT2D eigenvalue weighted by Gasteiger charge is -2.29. The van der Waals surface area contributed by atoms with Crippen molar-refractivity contribution in [1.29, 1.82) is 0 Å². The third-order valence-electron chi connectivity index (χ3n) is 3.10. The molecule has 1 aliphatic heterocycles. The van der Waals surface area contributed by atoms with Crippen LogP contribution in [0.25, 0.3) is 0 Å². The standard InChI is InChI=1S/C10H22N2O/c1-3-10-5-4-8(2)12(10)6-9(11)7-13/h8-10,13H,3-7,11H2,1-2H3. The number of likely N-dealkylation sites (tertiary alicyclic amines) is 1. The van der Waals surface area contributed by atoms with Crippen LogP contribution in [0.15, 0.2) is 0 Å². The number of nitrogens with zero attached hydrogens (tertiary/aromatic N) is 1. The number of rotatable bonds is 4. The quantitative estimate of drug-likeness (QED) is 0.675. The molecule has 3 N–H and O–H groups in total. The Morgan fingerprint density at radius 1 is 1.54 bits per heavy atom. The molecular formula is C10H22N2O. The molecule has 0 radical (unpaired) electrons. The van der Waals surface area contributed by atoms with Gasteiger partial charge >= 0.3 is 0 Å². The van der Waals surface area contributed by atoms with Gasteiger partial charge in [-0.15, -0.1) is 0 Å². The van der Waals surface area contributed by atoms with Gasteiger partial charge in [0, 0.05) is 24.7 Å². The van der Waals surface area contributed by atoms with E-state index < -0.39 is 0 Å². The van der Waals surface area contributed by atoms with Crippen LogP contribution in [0, 0.1) is 0 Å². The summed E-state index contributed by atoms with van der Waals surface area (Å²) < 4.78 is 0. The Kier molecular flexibility index (Phi) is 4.16. The lowest BCUT2D eigenvalue weighted by Crippen LogP contribution is -2.44. The highest BCUT2D eigenvalue weighted by Crippen LogP contribution is 2.25. The van der Waals surface area contributed by atoms with Crippen LogP contribution in [0.2, 0.25) is 0 Å². The van der Waals surface area contributed by atoms with Crippen molar-refractivity contribution < 1.29 is 5.11 Å². The van der Waals surface area contributed by atoms with Gasteiger partial charge < -0.3 is 10.8 Å². The summed E-state index contributed by atoms with van der Waals surface area (Å²) in [4.78, 5) is 2.45. The molecule has 13 heavy (non-hydrogen) atoms. The van der Waals surface area contributed by atoms with E-state index in [1.807, 2.05) is 0 Å². The van der Waals surface area contributed by atoms with Crippen LogP contribution < -0.4 is 5.73 Å². The van der Waals surface area contributed by atoms with E-state index >= 15 is 0 Å². The van der Waals surface area contributed by atoms with Crippen LogP contribution in [0.1, 0.15) is 33.1 Å². The van der Waals surface area contributed by atoms with Crippen molar-refractivity contribution in [2.45, 2.75) is 51.2 Å². The maximum Gasteiger partial charge on any atom is 0.0595 e. The van der Waals surface area contributed by atoms with E-state index in [0.29, 0.717) is 12.1 Å². The lowest BCUT2D eigenvalue weighted by molar-refractivity contribution is 0.158. The van der Waals surface area contributed by atoms with E-state index in [1.54, 1.807) is 0 Å². The summed E-state index contributed by atoms with van der Waals surface area (Å²) in [6.07, 6.45) is 3.76. The van der Waals surface area contributed by atoms with Crippen molar-refractivity contribution in [2.75, 3.05) is 13.2 Å². The van der Waals surface area contributed by atoms with Crippen LogP contribution in [0.4, 0.5) is 0 Å². The molecule has 1 fully saturated rings. The highest BCUT2D eigenvalue weighted by molar-refractivity contribution is 4.86. The molecule has 3 nitrogen and oxygen atoms in total. The normalized spacial score (nSPS) is 32.3. The minimum Gasteiger partial charge on any atom is -0.395 e. The molecule has 0 bridgehead atoms. The zero-order valence-corrected chi connectivity index (χ0v) is 8.74. The molecule has 0 aliphatic carbocycles. The molecule has 0 aromatic rings. The van der Waals surface area contributed by atoms with Gasteiger partial charge in [0.1, 0.15) is 0 Å². The Bertz CT molecular complexity index is 152. The van der Waals surface area contributed by atoms with Crippen LogP contribution in [-0.4, -0.2) is 41.3 Å². The van der Waals surface area contributed by atoms with Crippen molar-refractivity contribution >= 4 is 0 Å². The van der Waals surface area contributed by atoms with Gasteiger partial charge in [0.05, 0.1) is 6.61 Å². The molecular weight excluding hydrogens is 164 g/mol. The minimum atomic E-state index is -0.0744. The third kappa shape index (κ3) is 2.66. The number of hydrogen-bond donors (Lipinski definition) is 2. The first-order valence-electron chi connectivity index (χ1n) is 5.31. The van der Waals surface area contributed by atoms with Crippen LogP contribution in [-0.2, 0) is 0 Å². The van der Waals surface area contributed by atoms with E-state index in [4.69, 9.17) is 10.8 Å². The molecule has 1 rings (SSSR count). The van der Waals surface area contributed by atoms with Gasteiger partial charge in [0.2, 0.25) is 0 Å². The van der Waals surface area contributed by atoms with Gasteiger partial charge in [0.25, 0.3) is 0 Å². The first-order valence-corrected chi connectivity index (χ1v) is 5.31. The fourth-order valence-electron chi connectivity index (χ4n) is 2.22. The molecule has 3 atom stereocenters. The van der Waals surface area contributed by atoms with Crippen LogP contribution in [0.5, 0.6) is 0 Å². The fourth-order valence-corrected chi connectivity index (χ4v) is 2.22.